The maximum absolute atomic E-state index is 12.9. The van der Waals surface area contributed by atoms with Crippen molar-refractivity contribution in [2.75, 3.05) is 5.32 Å². The number of carbonyl (C=O) groups is 2. The molecule has 0 aliphatic rings. The summed E-state index contributed by atoms with van der Waals surface area (Å²) >= 11 is 0. The van der Waals surface area contributed by atoms with Crippen LogP contribution in [0.3, 0.4) is 0 Å². The Morgan fingerprint density at radius 2 is 1.39 bits per heavy atom. The van der Waals surface area contributed by atoms with E-state index in [4.69, 9.17) is 0 Å². The molecular formula is C22H16N2O4. The number of hydrogen-bond acceptors (Lipinski definition) is 4. The first-order chi connectivity index (χ1) is 13.5. The molecule has 0 atom stereocenters. The van der Waals surface area contributed by atoms with Crippen molar-refractivity contribution in [3.8, 4) is 0 Å². The standard InChI is InChI=1S/C22H16N2O4/c25-21(17-7-3-1-4-8-17)20(22(26)23-18-9-5-2-6-10-18)15-16-11-13-19(14-12-16)24(27)28/h1-15H,(H,23,26)/b20-15+. The Morgan fingerprint density at radius 3 is 1.96 bits per heavy atom. The minimum absolute atomic E-state index is 0.0658. The molecule has 3 aromatic rings. The van der Waals surface area contributed by atoms with Gasteiger partial charge in [0.1, 0.15) is 0 Å². The lowest BCUT2D eigenvalue weighted by atomic mass is 10.00. The molecule has 3 rings (SSSR count). The predicted molar refractivity (Wildman–Crippen MR) is 107 cm³/mol. The van der Waals surface area contributed by atoms with Crippen LogP contribution in [0.4, 0.5) is 11.4 Å². The van der Waals surface area contributed by atoms with Crippen LogP contribution in [0, 0.1) is 10.1 Å². The molecule has 138 valence electrons. The largest absolute Gasteiger partial charge is 0.322 e. The number of carbonyl (C=O) groups excluding carboxylic acids is 2. The third-order valence-electron chi connectivity index (χ3n) is 3.97. The maximum Gasteiger partial charge on any atom is 0.269 e. The third-order valence-corrected chi connectivity index (χ3v) is 3.97. The Hall–Kier alpha value is -4.06. The van der Waals surface area contributed by atoms with Crippen LogP contribution in [0.25, 0.3) is 6.08 Å². The molecule has 0 heterocycles. The summed E-state index contributed by atoms with van der Waals surface area (Å²) in [5.74, 6) is -0.995. The van der Waals surface area contributed by atoms with E-state index in [1.165, 1.54) is 30.3 Å². The highest BCUT2D eigenvalue weighted by Gasteiger charge is 2.20. The highest BCUT2D eigenvalue weighted by molar-refractivity contribution is 6.31. The van der Waals surface area contributed by atoms with Gasteiger partial charge >= 0.3 is 0 Å². The average Bonchev–Trinajstić information content (AvgIpc) is 2.73. The summed E-state index contributed by atoms with van der Waals surface area (Å²) in [6.45, 7) is 0. The van der Waals surface area contributed by atoms with Gasteiger partial charge < -0.3 is 5.32 Å². The van der Waals surface area contributed by atoms with Gasteiger partial charge in [-0.2, -0.15) is 0 Å². The predicted octanol–water partition coefficient (Wildman–Crippen LogP) is 4.50. The van der Waals surface area contributed by atoms with E-state index in [1.807, 2.05) is 6.07 Å². The number of anilines is 1. The molecule has 0 saturated carbocycles. The second kappa shape index (κ2) is 8.55. The first-order valence-corrected chi connectivity index (χ1v) is 8.47. The highest BCUT2D eigenvalue weighted by atomic mass is 16.6. The van der Waals surface area contributed by atoms with E-state index < -0.39 is 16.6 Å². The fourth-order valence-corrected chi connectivity index (χ4v) is 2.56. The number of hydrogen-bond donors (Lipinski definition) is 1. The number of Topliss-reactive ketones (excluding diaryl/α,β-unsaturated/α-hetero) is 1. The maximum atomic E-state index is 12.9. The van der Waals surface area contributed by atoms with Crippen LogP contribution in [0.5, 0.6) is 0 Å². The van der Waals surface area contributed by atoms with Crippen LogP contribution in [-0.4, -0.2) is 16.6 Å². The number of para-hydroxylation sites is 1. The minimum atomic E-state index is -0.557. The zero-order valence-corrected chi connectivity index (χ0v) is 14.7. The Bertz CT molecular complexity index is 1030. The fraction of sp³-hybridized carbons (Fsp3) is 0. The second-order valence-corrected chi connectivity index (χ2v) is 5.92. The first kappa shape index (κ1) is 18.7. The molecular weight excluding hydrogens is 356 g/mol. The third kappa shape index (κ3) is 4.56. The SMILES string of the molecule is O=C(Nc1ccccc1)/C(=C/c1ccc([N+](=O)[O-])cc1)C(=O)c1ccccc1. The summed E-state index contributed by atoms with van der Waals surface area (Å²) in [4.78, 5) is 36.0. The zero-order chi connectivity index (χ0) is 19.9. The number of nitrogens with one attached hydrogen (secondary N) is 1. The molecule has 6 heteroatoms. The molecule has 0 aliphatic carbocycles. The molecule has 0 saturated heterocycles. The van der Waals surface area contributed by atoms with E-state index in [1.54, 1.807) is 54.6 Å². The van der Waals surface area contributed by atoms with Crippen molar-refractivity contribution < 1.29 is 14.5 Å². The van der Waals surface area contributed by atoms with E-state index in [9.17, 15) is 19.7 Å². The lowest BCUT2D eigenvalue weighted by molar-refractivity contribution is -0.384. The summed E-state index contributed by atoms with van der Waals surface area (Å²) in [6, 6.07) is 22.9. The summed E-state index contributed by atoms with van der Waals surface area (Å²) < 4.78 is 0. The summed E-state index contributed by atoms with van der Waals surface area (Å²) in [7, 11) is 0. The quantitative estimate of drug-likeness (QED) is 0.172. The Balaban J connectivity index is 1.97. The van der Waals surface area contributed by atoms with Crippen molar-refractivity contribution in [3.05, 3.63) is 112 Å². The van der Waals surface area contributed by atoms with E-state index in [0.717, 1.165) is 0 Å². The topological polar surface area (TPSA) is 89.3 Å². The Kier molecular flexibility index (Phi) is 5.72. The number of nitro groups is 1. The van der Waals surface area contributed by atoms with Gasteiger partial charge in [-0.1, -0.05) is 48.5 Å². The van der Waals surface area contributed by atoms with Crippen molar-refractivity contribution >= 4 is 29.1 Å². The van der Waals surface area contributed by atoms with E-state index in [2.05, 4.69) is 5.32 Å². The number of non-ortho nitro benzene ring substituents is 1. The number of ketones is 1. The van der Waals surface area contributed by atoms with Crippen molar-refractivity contribution in [2.24, 2.45) is 0 Å². The van der Waals surface area contributed by atoms with Gasteiger partial charge in [0.2, 0.25) is 0 Å². The van der Waals surface area contributed by atoms with Crippen LogP contribution < -0.4 is 5.32 Å². The molecule has 0 unspecified atom stereocenters. The van der Waals surface area contributed by atoms with Crippen molar-refractivity contribution in [1.82, 2.24) is 0 Å². The lowest BCUT2D eigenvalue weighted by Crippen LogP contribution is -2.20. The lowest BCUT2D eigenvalue weighted by Gasteiger charge is -2.09. The number of amides is 1. The average molecular weight is 372 g/mol. The van der Waals surface area contributed by atoms with Gasteiger partial charge in [0.15, 0.2) is 5.78 Å². The van der Waals surface area contributed by atoms with Crippen LogP contribution in [0.2, 0.25) is 0 Å². The Morgan fingerprint density at radius 1 is 0.821 bits per heavy atom. The van der Waals surface area contributed by atoms with Crippen LogP contribution >= 0.6 is 0 Å². The number of rotatable bonds is 6. The van der Waals surface area contributed by atoms with Gasteiger partial charge in [-0.25, -0.2) is 0 Å². The minimum Gasteiger partial charge on any atom is -0.322 e. The molecule has 3 aromatic carbocycles. The first-order valence-electron chi connectivity index (χ1n) is 8.47. The molecule has 6 nitrogen and oxygen atoms in total. The molecule has 1 N–H and O–H groups in total. The van der Waals surface area contributed by atoms with Crippen LogP contribution in [0.1, 0.15) is 15.9 Å². The smallest absolute Gasteiger partial charge is 0.269 e. The fourth-order valence-electron chi connectivity index (χ4n) is 2.56. The van der Waals surface area contributed by atoms with Gasteiger partial charge in [-0.05, 0) is 35.9 Å². The normalized spacial score (nSPS) is 10.9. The molecule has 0 aromatic heterocycles. The van der Waals surface area contributed by atoms with E-state index >= 15 is 0 Å². The monoisotopic (exact) mass is 372 g/mol. The van der Waals surface area contributed by atoms with Gasteiger partial charge in [0.05, 0.1) is 10.5 Å². The van der Waals surface area contributed by atoms with E-state index in [-0.39, 0.29) is 11.3 Å². The van der Waals surface area contributed by atoms with Gasteiger partial charge in [0.25, 0.3) is 11.6 Å². The summed E-state index contributed by atoms with van der Waals surface area (Å²) in [5.41, 5.74) is 1.31. The molecule has 0 spiro atoms. The van der Waals surface area contributed by atoms with Gasteiger partial charge in [0, 0.05) is 23.4 Å². The summed E-state index contributed by atoms with van der Waals surface area (Å²) in [6.07, 6.45) is 1.43. The van der Waals surface area contributed by atoms with Crippen LogP contribution in [-0.2, 0) is 4.79 Å². The van der Waals surface area contributed by atoms with Gasteiger partial charge in [-0.3, -0.25) is 19.7 Å². The molecule has 0 fully saturated rings. The number of benzene rings is 3. The molecule has 0 radical (unpaired) electrons. The van der Waals surface area contributed by atoms with Gasteiger partial charge in [-0.15, -0.1) is 0 Å². The van der Waals surface area contributed by atoms with Crippen molar-refractivity contribution in [3.63, 3.8) is 0 Å². The van der Waals surface area contributed by atoms with E-state index in [0.29, 0.717) is 16.8 Å². The molecule has 1 amide bonds. The highest BCUT2D eigenvalue weighted by Crippen LogP contribution is 2.18. The Labute approximate surface area is 161 Å². The molecule has 0 bridgehead atoms. The number of nitrogens with zero attached hydrogens (tertiary/aromatic N) is 1. The molecule has 0 aliphatic heterocycles. The van der Waals surface area contributed by atoms with Crippen molar-refractivity contribution in [2.45, 2.75) is 0 Å². The number of nitro benzene ring substituents is 1. The van der Waals surface area contributed by atoms with Crippen LogP contribution in [0.15, 0.2) is 90.5 Å². The summed E-state index contributed by atoms with van der Waals surface area (Å²) in [5, 5.41) is 13.5. The zero-order valence-electron chi connectivity index (χ0n) is 14.7. The second-order valence-electron chi connectivity index (χ2n) is 5.92. The molecule has 28 heavy (non-hydrogen) atoms. The van der Waals surface area contributed by atoms with Crippen molar-refractivity contribution in [1.29, 1.82) is 0 Å².